The second kappa shape index (κ2) is 12.3. The van der Waals surface area contributed by atoms with Gasteiger partial charge in [-0.2, -0.15) is 4.39 Å². The number of aryl methyl sites for hydroxylation is 2. The van der Waals surface area contributed by atoms with Crippen LogP contribution in [0.5, 0.6) is 11.5 Å². The molecule has 3 rings (SSSR count). The monoisotopic (exact) mass is 452 g/mol. The highest BCUT2D eigenvalue weighted by Gasteiger charge is 2.28. The lowest BCUT2D eigenvalue weighted by Crippen LogP contribution is -2.11. The molecule has 1 nitrogen and oxygen atoms in total. The van der Waals surface area contributed by atoms with Crippen LogP contribution in [-0.2, 0) is 19.3 Å². The predicted octanol–water partition coefficient (Wildman–Crippen LogP) is 8.73. The Labute approximate surface area is 190 Å². The van der Waals surface area contributed by atoms with E-state index < -0.39 is 17.5 Å². The molecule has 2 aromatic rings. The molecule has 1 aliphatic rings. The first-order valence-corrected chi connectivity index (χ1v) is 11.7. The highest BCUT2D eigenvalue weighted by molar-refractivity contribution is 5.53. The van der Waals surface area contributed by atoms with Gasteiger partial charge in [0.05, 0.1) is 7.18 Å². The molecule has 32 heavy (non-hydrogen) atoms. The largest absolute Gasteiger partial charge is 0.450 e. The smallest absolute Gasteiger partial charge is 0.201 e. The zero-order valence-electron chi connectivity index (χ0n) is 20.0. The van der Waals surface area contributed by atoms with E-state index in [9.17, 15) is 13.2 Å². The number of fused-ring (bicyclic) bond motifs is 2. The lowest BCUT2D eigenvalue weighted by Gasteiger charge is -2.23. The Morgan fingerprint density at radius 1 is 0.781 bits per heavy atom. The Kier molecular flexibility index (Phi) is 10.0. The molecular weight excluding hydrogens is 416 g/mol. The van der Waals surface area contributed by atoms with Crippen molar-refractivity contribution < 1.29 is 22.3 Å². The average Bonchev–Trinajstić information content (AvgIpc) is 2.81. The van der Waals surface area contributed by atoms with Gasteiger partial charge in [-0.15, -0.1) is 0 Å². The van der Waals surface area contributed by atoms with Crippen LogP contribution in [0.1, 0.15) is 82.1 Å². The summed E-state index contributed by atoms with van der Waals surface area (Å²) in [4.78, 5) is 0. The summed E-state index contributed by atoms with van der Waals surface area (Å²) in [5.74, 6) is -1.22. The van der Waals surface area contributed by atoms with E-state index in [0.29, 0.717) is 54.6 Å². The van der Waals surface area contributed by atoms with Gasteiger partial charge >= 0.3 is 0 Å². The van der Waals surface area contributed by atoms with Gasteiger partial charge in [0, 0.05) is 17.5 Å². The van der Waals surface area contributed by atoms with E-state index in [4.69, 9.17) is 4.74 Å². The average molecular weight is 453 g/mol. The normalized spacial score (nSPS) is 13.9. The van der Waals surface area contributed by atoms with Crippen molar-refractivity contribution in [1.82, 2.24) is 0 Å². The first kappa shape index (κ1) is 26.2. The van der Waals surface area contributed by atoms with Gasteiger partial charge in [0.25, 0.3) is 0 Å². The topological polar surface area (TPSA) is 9.23 Å². The Morgan fingerprint density at radius 3 is 2.09 bits per heavy atom. The fourth-order valence-electron chi connectivity index (χ4n) is 4.12. The van der Waals surface area contributed by atoms with Crippen molar-refractivity contribution in [3.05, 3.63) is 57.9 Å². The van der Waals surface area contributed by atoms with Crippen LogP contribution in [-0.4, -0.2) is 7.18 Å². The third kappa shape index (κ3) is 6.05. The summed E-state index contributed by atoms with van der Waals surface area (Å²) in [5, 5.41) is 0. The van der Waals surface area contributed by atoms with E-state index in [0.717, 1.165) is 25.2 Å². The first-order valence-electron chi connectivity index (χ1n) is 11.7. The van der Waals surface area contributed by atoms with Crippen LogP contribution in [0.3, 0.4) is 0 Å². The molecule has 0 aliphatic carbocycles. The maximum atomic E-state index is 15.2. The summed E-state index contributed by atoms with van der Waals surface area (Å²) >= 11 is 0. The van der Waals surface area contributed by atoms with Gasteiger partial charge in [-0.05, 0) is 48.3 Å². The van der Waals surface area contributed by atoms with Gasteiger partial charge in [-0.25, -0.2) is 8.78 Å². The number of alkyl halides is 1. The Hall–Kier alpha value is -2.04. The third-order valence-electron chi connectivity index (χ3n) is 6.43. The zero-order valence-corrected chi connectivity index (χ0v) is 20.0. The lowest BCUT2D eigenvalue weighted by molar-refractivity contribution is 0.375. The van der Waals surface area contributed by atoms with Crippen LogP contribution >= 0.6 is 0 Å². The summed E-state index contributed by atoms with van der Waals surface area (Å²) in [6.45, 7) is 8.59. The SMILES string of the molecule is CCCc1cc2c(c(F)c1F)Oc1c(ccc(CCC(C)CCC(C)CC)c1F)C2.CF. The Balaban J connectivity index is 0.00000176. The molecule has 0 N–H and O–H groups in total. The molecule has 1 aliphatic heterocycles. The molecule has 0 spiro atoms. The van der Waals surface area contributed by atoms with E-state index in [2.05, 4.69) is 20.8 Å². The molecule has 0 amide bonds. The molecule has 0 radical (unpaired) electrons. The van der Waals surface area contributed by atoms with Crippen LogP contribution in [0.15, 0.2) is 18.2 Å². The summed E-state index contributed by atoms with van der Waals surface area (Å²) in [6.07, 6.45) is 6.55. The summed E-state index contributed by atoms with van der Waals surface area (Å²) in [7, 11) is 0.500. The molecule has 5 heteroatoms. The van der Waals surface area contributed by atoms with Crippen molar-refractivity contribution in [3.8, 4) is 11.5 Å². The van der Waals surface area contributed by atoms with Crippen LogP contribution in [0.25, 0.3) is 0 Å². The molecule has 2 aromatic carbocycles. The predicted molar refractivity (Wildman–Crippen MR) is 123 cm³/mol. The Bertz CT molecular complexity index is 894. The molecule has 178 valence electrons. The van der Waals surface area contributed by atoms with Gasteiger partial charge in [0.2, 0.25) is 5.82 Å². The van der Waals surface area contributed by atoms with E-state index >= 15 is 4.39 Å². The molecule has 0 saturated heterocycles. The van der Waals surface area contributed by atoms with Crippen LogP contribution < -0.4 is 4.74 Å². The lowest BCUT2D eigenvalue weighted by atomic mass is 9.91. The summed E-state index contributed by atoms with van der Waals surface area (Å²) in [5.41, 5.74) is 2.19. The van der Waals surface area contributed by atoms with Crippen LogP contribution in [0, 0.1) is 29.3 Å². The number of hydrogen-bond acceptors (Lipinski definition) is 1. The van der Waals surface area contributed by atoms with Gasteiger partial charge in [0.15, 0.2) is 23.1 Å². The highest BCUT2D eigenvalue weighted by atomic mass is 19.2. The van der Waals surface area contributed by atoms with E-state index in [1.165, 1.54) is 12.8 Å². The van der Waals surface area contributed by atoms with Crippen molar-refractivity contribution in [3.63, 3.8) is 0 Å². The van der Waals surface area contributed by atoms with Gasteiger partial charge in [-0.3, -0.25) is 4.39 Å². The van der Waals surface area contributed by atoms with Gasteiger partial charge < -0.3 is 4.74 Å². The minimum absolute atomic E-state index is 0.0498. The zero-order chi connectivity index (χ0) is 23.8. The van der Waals surface area contributed by atoms with E-state index in [1.54, 1.807) is 6.07 Å². The minimum atomic E-state index is -1.01. The molecule has 2 unspecified atom stereocenters. The molecule has 2 atom stereocenters. The fourth-order valence-corrected chi connectivity index (χ4v) is 4.12. The number of benzene rings is 2. The second-order valence-electron chi connectivity index (χ2n) is 8.94. The summed E-state index contributed by atoms with van der Waals surface area (Å²) in [6, 6.07) is 5.34. The van der Waals surface area contributed by atoms with Crippen LogP contribution in [0.2, 0.25) is 0 Å². The molecular formula is C27H36F4O. The van der Waals surface area contributed by atoms with Crippen LogP contribution in [0.4, 0.5) is 17.6 Å². The second-order valence-corrected chi connectivity index (χ2v) is 8.94. The molecule has 0 saturated carbocycles. The fraction of sp³-hybridized carbons (Fsp3) is 0.556. The number of ether oxygens (including phenoxy) is 1. The minimum Gasteiger partial charge on any atom is -0.450 e. The van der Waals surface area contributed by atoms with Crippen molar-refractivity contribution >= 4 is 0 Å². The van der Waals surface area contributed by atoms with Crippen molar-refractivity contribution in [2.75, 3.05) is 7.18 Å². The van der Waals surface area contributed by atoms with Crippen molar-refractivity contribution in [2.45, 2.75) is 79.1 Å². The first-order chi connectivity index (χ1) is 15.3. The molecule has 0 fully saturated rings. The maximum absolute atomic E-state index is 15.2. The van der Waals surface area contributed by atoms with Gasteiger partial charge in [0.1, 0.15) is 0 Å². The molecule has 1 heterocycles. The maximum Gasteiger partial charge on any atom is 0.201 e. The van der Waals surface area contributed by atoms with Crippen molar-refractivity contribution in [2.24, 2.45) is 11.8 Å². The third-order valence-corrected chi connectivity index (χ3v) is 6.43. The Morgan fingerprint density at radius 2 is 1.44 bits per heavy atom. The van der Waals surface area contributed by atoms with Crippen molar-refractivity contribution in [1.29, 1.82) is 0 Å². The molecule has 0 aromatic heterocycles. The van der Waals surface area contributed by atoms with Gasteiger partial charge in [-0.1, -0.05) is 65.5 Å². The number of halogens is 4. The molecule has 0 bridgehead atoms. The standard InChI is InChI=1S/C26H33F3O.CH3F/c1-5-7-19-14-21-15-20-13-12-18(11-10-17(4)9-8-16(3)6-2)23(28)25(20)30-26(21)24(29)22(19)27;1-2/h12-14,16-17H,5-11,15H2,1-4H3;1H3. The quantitative estimate of drug-likeness (QED) is 0.295. The number of rotatable bonds is 9. The van der Waals surface area contributed by atoms with E-state index in [1.807, 2.05) is 19.1 Å². The number of hydrogen-bond donors (Lipinski definition) is 0. The highest BCUT2D eigenvalue weighted by Crippen LogP contribution is 2.42. The summed E-state index contributed by atoms with van der Waals surface area (Å²) < 4.78 is 59.2. The van der Waals surface area contributed by atoms with E-state index in [-0.39, 0.29) is 11.5 Å².